The Morgan fingerprint density at radius 1 is 1.30 bits per heavy atom. The van der Waals surface area contributed by atoms with Gasteiger partial charge < -0.3 is 19.2 Å². The Labute approximate surface area is 114 Å². The van der Waals surface area contributed by atoms with Crippen LogP contribution >= 0.6 is 0 Å². The summed E-state index contributed by atoms with van der Waals surface area (Å²) in [6.45, 7) is 1.77. The van der Waals surface area contributed by atoms with E-state index in [1.165, 1.54) is 26.6 Å². The van der Waals surface area contributed by atoms with Crippen molar-refractivity contribution in [3.05, 3.63) is 18.0 Å². The molecule has 0 aliphatic rings. The van der Waals surface area contributed by atoms with Crippen LogP contribution in [-0.2, 0) is 9.53 Å². The summed E-state index contributed by atoms with van der Waals surface area (Å²) in [5, 5.41) is 0.442. The number of hydrogen-bond donors (Lipinski definition) is 1. The first-order valence-corrected chi connectivity index (χ1v) is 5.93. The fourth-order valence-electron chi connectivity index (χ4n) is 1.89. The van der Waals surface area contributed by atoms with Crippen LogP contribution in [0.15, 0.2) is 12.4 Å². The van der Waals surface area contributed by atoms with Crippen molar-refractivity contribution in [2.24, 2.45) is 0 Å². The molecule has 0 aliphatic heterocycles. The average Bonchev–Trinajstić information content (AvgIpc) is 2.90. The molecule has 1 N–H and O–H groups in total. The SMILES string of the molecule is CCOC(=O)C(=O)c1c[nH]c2c(OC)ncc(OC)c12. The molecular weight excluding hydrogens is 264 g/mol. The standard InChI is InChI=1S/C13H14N2O5/c1-4-20-13(17)11(16)7-5-14-10-9(7)8(18-2)6-15-12(10)19-3/h5-6,14H,4H2,1-3H3. The number of esters is 1. The molecule has 0 atom stereocenters. The number of Topliss-reactive ketones (excluding diaryl/α,β-unsaturated/α-hetero) is 1. The zero-order valence-electron chi connectivity index (χ0n) is 11.4. The molecule has 2 aromatic heterocycles. The topological polar surface area (TPSA) is 90.5 Å². The van der Waals surface area contributed by atoms with Gasteiger partial charge in [-0.3, -0.25) is 4.79 Å². The second kappa shape index (κ2) is 5.60. The third kappa shape index (κ3) is 2.18. The normalized spacial score (nSPS) is 10.3. The Kier molecular flexibility index (Phi) is 3.88. The monoisotopic (exact) mass is 278 g/mol. The number of carbonyl (C=O) groups is 2. The van der Waals surface area contributed by atoms with Crippen LogP contribution < -0.4 is 9.47 Å². The van der Waals surface area contributed by atoms with E-state index in [9.17, 15) is 9.59 Å². The molecule has 20 heavy (non-hydrogen) atoms. The van der Waals surface area contributed by atoms with E-state index in [-0.39, 0.29) is 12.2 Å². The van der Waals surface area contributed by atoms with Crippen molar-refractivity contribution in [1.82, 2.24) is 9.97 Å². The van der Waals surface area contributed by atoms with Gasteiger partial charge in [-0.2, -0.15) is 0 Å². The lowest BCUT2D eigenvalue weighted by Gasteiger charge is -2.06. The van der Waals surface area contributed by atoms with E-state index >= 15 is 0 Å². The van der Waals surface area contributed by atoms with Gasteiger partial charge in [-0.05, 0) is 6.92 Å². The maximum Gasteiger partial charge on any atom is 0.379 e. The largest absolute Gasteiger partial charge is 0.494 e. The lowest BCUT2D eigenvalue weighted by molar-refractivity contribution is -0.137. The zero-order chi connectivity index (χ0) is 14.7. The maximum absolute atomic E-state index is 12.1. The van der Waals surface area contributed by atoms with E-state index in [0.29, 0.717) is 22.5 Å². The van der Waals surface area contributed by atoms with Crippen LogP contribution in [0.1, 0.15) is 17.3 Å². The van der Waals surface area contributed by atoms with Crippen molar-refractivity contribution in [3.8, 4) is 11.6 Å². The zero-order valence-corrected chi connectivity index (χ0v) is 11.4. The summed E-state index contributed by atoms with van der Waals surface area (Å²) >= 11 is 0. The molecule has 7 nitrogen and oxygen atoms in total. The van der Waals surface area contributed by atoms with Crippen molar-refractivity contribution in [2.45, 2.75) is 6.92 Å². The van der Waals surface area contributed by atoms with E-state index in [0.717, 1.165) is 0 Å². The van der Waals surface area contributed by atoms with Crippen LogP contribution in [0.4, 0.5) is 0 Å². The number of carbonyl (C=O) groups excluding carboxylic acids is 2. The van der Waals surface area contributed by atoms with Gasteiger partial charge in [0.15, 0.2) is 0 Å². The molecule has 0 aliphatic carbocycles. The number of hydrogen-bond acceptors (Lipinski definition) is 6. The van der Waals surface area contributed by atoms with Crippen molar-refractivity contribution < 1.29 is 23.8 Å². The highest BCUT2D eigenvalue weighted by Crippen LogP contribution is 2.33. The molecule has 2 heterocycles. The van der Waals surface area contributed by atoms with E-state index in [2.05, 4.69) is 9.97 Å². The Morgan fingerprint density at radius 2 is 2.05 bits per heavy atom. The summed E-state index contributed by atoms with van der Waals surface area (Å²) in [4.78, 5) is 30.5. The van der Waals surface area contributed by atoms with E-state index < -0.39 is 11.8 Å². The number of fused-ring (bicyclic) bond motifs is 1. The Hall–Kier alpha value is -2.57. The summed E-state index contributed by atoms with van der Waals surface area (Å²) in [5.41, 5.74) is 0.649. The molecule has 2 rings (SSSR count). The summed E-state index contributed by atoms with van der Waals surface area (Å²) in [6.07, 6.45) is 2.84. The molecule has 7 heteroatoms. The maximum atomic E-state index is 12.1. The highest BCUT2D eigenvalue weighted by atomic mass is 16.5. The molecule has 2 aromatic rings. The molecule has 106 valence electrons. The summed E-state index contributed by atoms with van der Waals surface area (Å²) in [5.74, 6) is -0.978. The number of ketones is 1. The molecule has 0 saturated carbocycles. The van der Waals surface area contributed by atoms with Gasteiger partial charge >= 0.3 is 5.97 Å². The third-order valence-corrected chi connectivity index (χ3v) is 2.76. The molecule has 0 spiro atoms. The number of nitrogens with zero attached hydrogens (tertiary/aromatic N) is 1. The predicted octanol–water partition coefficient (Wildman–Crippen LogP) is 1.33. The molecule has 0 radical (unpaired) electrons. The molecule has 0 bridgehead atoms. The Bertz CT molecular complexity index is 662. The van der Waals surface area contributed by atoms with E-state index in [1.807, 2.05) is 0 Å². The number of rotatable bonds is 5. The molecule has 0 unspecified atom stereocenters. The van der Waals surface area contributed by atoms with E-state index in [4.69, 9.17) is 14.2 Å². The quantitative estimate of drug-likeness (QED) is 0.504. The number of H-pyrrole nitrogens is 1. The van der Waals surface area contributed by atoms with Gasteiger partial charge in [-0.1, -0.05) is 0 Å². The van der Waals surface area contributed by atoms with Gasteiger partial charge in [0, 0.05) is 6.20 Å². The minimum Gasteiger partial charge on any atom is -0.494 e. The van der Waals surface area contributed by atoms with Crippen LogP contribution in [0.5, 0.6) is 11.6 Å². The van der Waals surface area contributed by atoms with Crippen LogP contribution in [0.25, 0.3) is 10.9 Å². The molecule has 0 fully saturated rings. The number of aromatic amines is 1. The van der Waals surface area contributed by atoms with Gasteiger partial charge in [0.2, 0.25) is 5.88 Å². The lowest BCUT2D eigenvalue weighted by atomic mass is 10.1. The number of aromatic nitrogens is 2. The van der Waals surface area contributed by atoms with Gasteiger partial charge in [0.05, 0.1) is 38.0 Å². The Balaban J connectivity index is 2.60. The van der Waals surface area contributed by atoms with Crippen molar-refractivity contribution >= 4 is 22.7 Å². The molecule has 0 saturated heterocycles. The van der Waals surface area contributed by atoms with Gasteiger partial charge in [0.1, 0.15) is 11.3 Å². The van der Waals surface area contributed by atoms with Crippen molar-refractivity contribution in [1.29, 1.82) is 0 Å². The molecular formula is C13H14N2O5. The van der Waals surface area contributed by atoms with Crippen molar-refractivity contribution in [3.63, 3.8) is 0 Å². The average molecular weight is 278 g/mol. The summed E-state index contributed by atoms with van der Waals surface area (Å²) in [7, 11) is 2.91. The molecule has 0 aromatic carbocycles. The number of methoxy groups -OCH3 is 2. The van der Waals surface area contributed by atoms with Gasteiger partial charge in [-0.15, -0.1) is 0 Å². The predicted molar refractivity (Wildman–Crippen MR) is 70.2 cm³/mol. The van der Waals surface area contributed by atoms with E-state index in [1.54, 1.807) is 6.92 Å². The first-order valence-electron chi connectivity index (χ1n) is 5.93. The van der Waals surface area contributed by atoms with Crippen LogP contribution in [0, 0.1) is 0 Å². The van der Waals surface area contributed by atoms with Crippen LogP contribution in [-0.4, -0.2) is 42.5 Å². The number of ether oxygens (including phenoxy) is 3. The second-order valence-electron chi connectivity index (χ2n) is 3.84. The minimum absolute atomic E-state index is 0.134. The highest BCUT2D eigenvalue weighted by molar-refractivity contribution is 6.43. The smallest absolute Gasteiger partial charge is 0.379 e. The number of pyridine rings is 1. The number of nitrogens with one attached hydrogen (secondary N) is 1. The first kappa shape index (κ1) is 13.9. The van der Waals surface area contributed by atoms with Gasteiger partial charge in [-0.25, -0.2) is 9.78 Å². The molecule has 0 amide bonds. The fraction of sp³-hybridized carbons (Fsp3) is 0.308. The van der Waals surface area contributed by atoms with Crippen LogP contribution in [0.2, 0.25) is 0 Å². The minimum atomic E-state index is -0.911. The summed E-state index contributed by atoms with van der Waals surface area (Å²) in [6, 6.07) is 0. The van der Waals surface area contributed by atoms with Gasteiger partial charge in [0.25, 0.3) is 5.78 Å². The Morgan fingerprint density at radius 3 is 2.65 bits per heavy atom. The first-order chi connectivity index (χ1) is 9.63. The highest BCUT2D eigenvalue weighted by Gasteiger charge is 2.25. The lowest BCUT2D eigenvalue weighted by Crippen LogP contribution is -2.17. The second-order valence-corrected chi connectivity index (χ2v) is 3.84. The van der Waals surface area contributed by atoms with Crippen molar-refractivity contribution in [2.75, 3.05) is 20.8 Å². The fourth-order valence-corrected chi connectivity index (χ4v) is 1.89. The summed E-state index contributed by atoms with van der Waals surface area (Å²) < 4.78 is 15.0. The van der Waals surface area contributed by atoms with Crippen LogP contribution in [0.3, 0.4) is 0 Å². The third-order valence-electron chi connectivity index (χ3n) is 2.76.